The molecule has 3 atom stereocenters. The van der Waals surface area contributed by atoms with Gasteiger partial charge in [0.05, 0.1) is 13.2 Å². The van der Waals surface area contributed by atoms with Crippen molar-refractivity contribution in [1.29, 1.82) is 0 Å². The Morgan fingerprint density at radius 1 is 1.04 bits per heavy atom. The van der Waals surface area contributed by atoms with Gasteiger partial charge in [-0.05, 0) is 37.5 Å². The number of benzene rings is 2. The summed E-state index contributed by atoms with van der Waals surface area (Å²) in [6.07, 6.45) is 4.07. The van der Waals surface area contributed by atoms with Crippen LogP contribution in [0.5, 0.6) is 17.2 Å². The van der Waals surface area contributed by atoms with Gasteiger partial charge in [-0.15, -0.1) is 0 Å². The Hall–Kier alpha value is -2.69. The zero-order valence-corrected chi connectivity index (χ0v) is 14.8. The quantitative estimate of drug-likeness (QED) is 0.884. The van der Waals surface area contributed by atoms with Gasteiger partial charge in [-0.25, -0.2) is 4.79 Å². The van der Waals surface area contributed by atoms with Crippen LogP contribution in [0.3, 0.4) is 0 Å². The molecule has 136 valence electrons. The largest absolute Gasteiger partial charge is 0.493 e. The third kappa shape index (κ3) is 3.21. The number of carbonyl (C=O) groups is 1. The molecule has 1 heterocycles. The topological polar surface area (TPSA) is 56.8 Å². The summed E-state index contributed by atoms with van der Waals surface area (Å²) in [6.45, 7) is 0. The first-order chi connectivity index (χ1) is 12.8. The highest BCUT2D eigenvalue weighted by molar-refractivity contribution is 5.72. The highest BCUT2D eigenvalue weighted by Gasteiger charge is 2.40. The van der Waals surface area contributed by atoms with E-state index in [0.29, 0.717) is 11.5 Å². The lowest BCUT2D eigenvalue weighted by molar-refractivity contribution is 0.0474. The van der Waals surface area contributed by atoms with Gasteiger partial charge in [-0.3, -0.25) is 0 Å². The monoisotopic (exact) mass is 353 g/mol. The maximum Gasteiger partial charge on any atom is 0.413 e. The van der Waals surface area contributed by atoms with Crippen LogP contribution in [0, 0.1) is 5.92 Å². The summed E-state index contributed by atoms with van der Waals surface area (Å²) in [6, 6.07) is 15.0. The second-order valence-corrected chi connectivity index (χ2v) is 6.80. The number of carbonyl (C=O) groups excluding carboxylic acids is 1. The lowest BCUT2D eigenvalue weighted by atomic mass is 9.77. The molecule has 1 aliphatic heterocycles. The second-order valence-electron chi connectivity index (χ2n) is 6.80. The molecule has 4 rings (SSSR count). The van der Waals surface area contributed by atoms with Crippen LogP contribution in [0.1, 0.15) is 37.3 Å². The number of amides is 1. The maximum atomic E-state index is 12.6. The molecule has 0 unspecified atom stereocenters. The highest BCUT2D eigenvalue weighted by Crippen LogP contribution is 2.44. The number of hydrogen-bond donors (Lipinski definition) is 1. The summed E-state index contributed by atoms with van der Waals surface area (Å²) < 4.78 is 17.0. The average Bonchev–Trinajstić information content (AvgIpc) is 2.68. The summed E-state index contributed by atoms with van der Waals surface area (Å²) in [5.41, 5.74) is 1.02. The molecule has 0 spiro atoms. The zero-order chi connectivity index (χ0) is 17.9. The van der Waals surface area contributed by atoms with Crippen LogP contribution in [0.15, 0.2) is 48.5 Å². The van der Waals surface area contributed by atoms with E-state index < -0.39 is 6.09 Å². The minimum Gasteiger partial charge on any atom is -0.493 e. The summed E-state index contributed by atoms with van der Waals surface area (Å²) in [5.74, 6) is 2.07. The molecule has 26 heavy (non-hydrogen) atoms. The van der Waals surface area contributed by atoms with Gasteiger partial charge >= 0.3 is 6.09 Å². The fourth-order valence-electron chi connectivity index (χ4n) is 4.04. The SMILES string of the molecule is COc1ccccc1OC(=O)N[C@@H]1c2ccccc2O[C@H]2CCCC[C@H]21. The third-order valence-corrected chi connectivity index (χ3v) is 5.26. The van der Waals surface area contributed by atoms with Gasteiger partial charge < -0.3 is 19.5 Å². The van der Waals surface area contributed by atoms with Crippen molar-refractivity contribution in [2.24, 2.45) is 5.92 Å². The van der Waals surface area contributed by atoms with E-state index in [0.717, 1.165) is 30.6 Å². The number of para-hydroxylation sites is 3. The van der Waals surface area contributed by atoms with Gasteiger partial charge in [0.25, 0.3) is 0 Å². The molecule has 1 fully saturated rings. The predicted molar refractivity (Wildman–Crippen MR) is 97.7 cm³/mol. The molecule has 0 bridgehead atoms. The van der Waals surface area contributed by atoms with Gasteiger partial charge in [-0.2, -0.15) is 0 Å². The highest BCUT2D eigenvalue weighted by atomic mass is 16.6. The lowest BCUT2D eigenvalue weighted by Gasteiger charge is -2.42. The van der Waals surface area contributed by atoms with Crippen LogP contribution in [-0.2, 0) is 0 Å². The molecular formula is C21H23NO4. The average molecular weight is 353 g/mol. The minimum atomic E-state index is -0.472. The van der Waals surface area contributed by atoms with Crippen molar-refractivity contribution in [1.82, 2.24) is 5.32 Å². The summed E-state index contributed by atoms with van der Waals surface area (Å²) in [7, 11) is 1.56. The van der Waals surface area contributed by atoms with Crippen molar-refractivity contribution in [3.63, 3.8) is 0 Å². The first-order valence-corrected chi connectivity index (χ1v) is 9.13. The molecule has 0 radical (unpaired) electrons. The van der Waals surface area contributed by atoms with Crippen LogP contribution in [0.2, 0.25) is 0 Å². The van der Waals surface area contributed by atoms with Gasteiger partial charge in [0.1, 0.15) is 11.9 Å². The Labute approximate surface area is 153 Å². The van der Waals surface area contributed by atoms with E-state index in [1.165, 1.54) is 6.42 Å². The van der Waals surface area contributed by atoms with E-state index >= 15 is 0 Å². The van der Waals surface area contributed by atoms with E-state index in [9.17, 15) is 4.79 Å². The van der Waals surface area contributed by atoms with Gasteiger partial charge in [0.15, 0.2) is 11.5 Å². The number of hydrogen-bond acceptors (Lipinski definition) is 4. The molecule has 1 aliphatic carbocycles. The molecule has 0 saturated heterocycles. The molecule has 1 amide bonds. The molecule has 0 aromatic heterocycles. The normalized spacial score (nSPS) is 23.8. The number of rotatable bonds is 3. The van der Waals surface area contributed by atoms with Crippen LogP contribution in [0.25, 0.3) is 0 Å². The fourth-order valence-corrected chi connectivity index (χ4v) is 4.04. The zero-order valence-electron chi connectivity index (χ0n) is 14.8. The smallest absolute Gasteiger partial charge is 0.413 e. The summed E-state index contributed by atoms with van der Waals surface area (Å²) >= 11 is 0. The van der Waals surface area contributed by atoms with Crippen molar-refractivity contribution in [3.05, 3.63) is 54.1 Å². The maximum absolute atomic E-state index is 12.6. The van der Waals surface area contributed by atoms with Crippen molar-refractivity contribution in [2.75, 3.05) is 7.11 Å². The Bertz CT molecular complexity index is 791. The number of ether oxygens (including phenoxy) is 3. The standard InChI is InChI=1S/C21H23NO4/c1-24-18-12-6-7-13-19(18)26-21(23)22-20-14-8-2-4-10-16(14)25-17-11-5-3-9-15(17)20/h2,4,6-8,10,12-13,15,17,20H,3,5,9,11H2,1H3,(H,22,23)/t15-,17+,20-/m1/s1. The Balaban J connectivity index is 1.56. The molecule has 2 aromatic rings. The predicted octanol–water partition coefficient (Wildman–Crippen LogP) is 4.48. The third-order valence-electron chi connectivity index (χ3n) is 5.26. The number of methoxy groups -OCH3 is 1. The van der Waals surface area contributed by atoms with Crippen LogP contribution in [0.4, 0.5) is 4.79 Å². The van der Waals surface area contributed by atoms with Crippen molar-refractivity contribution >= 4 is 6.09 Å². The Morgan fingerprint density at radius 3 is 2.62 bits per heavy atom. The van der Waals surface area contributed by atoms with Gasteiger partial charge in [0, 0.05) is 11.5 Å². The van der Waals surface area contributed by atoms with Gasteiger partial charge in [-0.1, -0.05) is 36.8 Å². The minimum absolute atomic E-state index is 0.104. The number of nitrogens with one attached hydrogen (secondary N) is 1. The molecule has 2 aliphatic rings. The van der Waals surface area contributed by atoms with E-state index in [2.05, 4.69) is 5.32 Å². The van der Waals surface area contributed by atoms with E-state index in [-0.39, 0.29) is 18.1 Å². The molecule has 2 aromatic carbocycles. The van der Waals surface area contributed by atoms with E-state index in [4.69, 9.17) is 14.2 Å². The fraction of sp³-hybridized carbons (Fsp3) is 0.381. The van der Waals surface area contributed by atoms with E-state index in [1.807, 2.05) is 36.4 Å². The van der Waals surface area contributed by atoms with Crippen LogP contribution < -0.4 is 19.5 Å². The summed E-state index contributed by atoms with van der Waals surface area (Å²) in [5, 5.41) is 3.08. The van der Waals surface area contributed by atoms with Crippen LogP contribution >= 0.6 is 0 Å². The first kappa shape index (κ1) is 16.8. The Kier molecular flexibility index (Phi) is 4.69. The molecule has 5 heteroatoms. The van der Waals surface area contributed by atoms with Crippen LogP contribution in [-0.4, -0.2) is 19.3 Å². The molecule has 1 saturated carbocycles. The van der Waals surface area contributed by atoms with Crippen molar-refractivity contribution in [3.8, 4) is 17.2 Å². The molecule has 5 nitrogen and oxygen atoms in total. The summed E-state index contributed by atoms with van der Waals surface area (Å²) in [4.78, 5) is 12.6. The van der Waals surface area contributed by atoms with E-state index in [1.54, 1.807) is 19.2 Å². The van der Waals surface area contributed by atoms with Crippen molar-refractivity contribution in [2.45, 2.75) is 37.8 Å². The van der Waals surface area contributed by atoms with Gasteiger partial charge in [0.2, 0.25) is 0 Å². The molecular weight excluding hydrogens is 330 g/mol. The lowest BCUT2D eigenvalue weighted by Crippen LogP contribution is -2.46. The van der Waals surface area contributed by atoms with Crippen molar-refractivity contribution < 1.29 is 19.0 Å². The second kappa shape index (κ2) is 7.28. The number of fused-ring (bicyclic) bond motifs is 2. The Morgan fingerprint density at radius 2 is 1.77 bits per heavy atom. The molecule has 1 N–H and O–H groups in total. The first-order valence-electron chi connectivity index (χ1n) is 9.13.